The largest absolute Gasteiger partial charge is 0.423 e. The van der Waals surface area contributed by atoms with Crippen molar-refractivity contribution in [1.82, 2.24) is 0 Å². The maximum atomic E-state index is 13.7. The van der Waals surface area contributed by atoms with Crippen LogP contribution in [0.4, 0.5) is 8.78 Å². The number of nitrogens with zero attached hydrogens (tertiary/aromatic N) is 1. The van der Waals surface area contributed by atoms with E-state index in [1.165, 1.54) is 38.2 Å². The van der Waals surface area contributed by atoms with Gasteiger partial charge in [-0.1, -0.05) is 38.3 Å². The van der Waals surface area contributed by atoms with Crippen molar-refractivity contribution in [2.75, 3.05) is 13.2 Å². The van der Waals surface area contributed by atoms with Gasteiger partial charge in [-0.25, -0.2) is 13.6 Å². The molecular weight excluding hydrogens is 424 g/mol. The zero-order valence-corrected chi connectivity index (χ0v) is 19.1. The molecule has 0 bridgehead atoms. The van der Waals surface area contributed by atoms with Crippen LogP contribution in [0.2, 0.25) is 0 Å². The summed E-state index contributed by atoms with van der Waals surface area (Å²) in [7, 11) is 0. The molecule has 0 aromatic heterocycles. The lowest BCUT2D eigenvalue weighted by Crippen LogP contribution is -2.19. The van der Waals surface area contributed by atoms with Crippen molar-refractivity contribution in [3.63, 3.8) is 0 Å². The maximum absolute atomic E-state index is 13.7. The first-order valence-corrected chi connectivity index (χ1v) is 11.8. The second-order valence-corrected chi connectivity index (χ2v) is 8.81. The summed E-state index contributed by atoms with van der Waals surface area (Å²) in [6.07, 6.45) is 9.33. The van der Waals surface area contributed by atoms with Gasteiger partial charge in [0.1, 0.15) is 29.0 Å². The Morgan fingerprint density at radius 2 is 1.70 bits per heavy atom. The summed E-state index contributed by atoms with van der Waals surface area (Å²) in [6.45, 7) is 3.95. The van der Waals surface area contributed by atoms with Gasteiger partial charge >= 0.3 is 5.97 Å². The zero-order chi connectivity index (χ0) is 23.6. The fourth-order valence-corrected chi connectivity index (χ4v) is 4.24. The Hall–Kier alpha value is -2.78. The third-order valence-electron chi connectivity index (χ3n) is 6.33. The van der Waals surface area contributed by atoms with Crippen LogP contribution in [-0.4, -0.2) is 19.2 Å². The quantitative estimate of drug-likeness (QED) is 0.230. The number of carbonyl (C=O) groups is 1. The summed E-state index contributed by atoms with van der Waals surface area (Å²) >= 11 is 0. The molecule has 0 unspecified atom stereocenters. The monoisotopic (exact) mass is 455 g/mol. The van der Waals surface area contributed by atoms with E-state index in [2.05, 4.69) is 6.92 Å². The zero-order valence-electron chi connectivity index (χ0n) is 19.1. The van der Waals surface area contributed by atoms with Crippen LogP contribution in [0.15, 0.2) is 36.4 Å². The molecule has 176 valence electrons. The molecule has 0 spiro atoms. The summed E-state index contributed by atoms with van der Waals surface area (Å²) in [6, 6.07) is 10.2. The van der Waals surface area contributed by atoms with Crippen molar-refractivity contribution >= 4 is 5.97 Å². The Morgan fingerprint density at radius 3 is 2.30 bits per heavy atom. The van der Waals surface area contributed by atoms with E-state index in [0.717, 1.165) is 56.1 Å². The van der Waals surface area contributed by atoms with Gasteiger partial charge in [0.05, 0.1) is 5.56 Å². The van der Waals surface area contributed by atoms with Gasteiger partial charge in [0, 0.05) is 25.3 Å². The average molecular weight is 456 g/mol. The number of benzene rings is 2. The second-order valence-electron chi connectivity index (χ2n) is 8.81. The molecule has 0 aliphatic heterocycles. The van der Waals surface area contributed by atoms with E-state index in [1.807, 2.05) is 12.1 Å². The van der Waals surface area contributed by atoms with Crippen molar-refractivity contribution in [2.45, 2.75) is 58.3 Å². The number of ether oxygens (including phenoxy) is 2. The predicted molar refractivity (Wildman–Crippen MR) is 122 cm³/mol. The molecule has 0 radical (unpaired) electrons. The Bertz CT molecular complexity index is 937. The third-order valence-corrected chi connectivity index (χ3v) is 6.33. The van der Waals surface area contributed by atoms with Crippen LogP contribution in [-0.2, 0) is 11.2 Å². The summed E-state index contributed by atoms with van der Waals surface area (Å²) < 4.78 is 38.2. The molecule has 33 heavy (non-hydrogen) atoms. The maximum Gasteiger partial charge on any atom is 0.343 e. The lowest BCUT2D eigenvalue weighted by molar-refractivity contribution is 0.0733. The SMILES string of the molecule is CCCCOCC1CCC(CCc2ccc(C(=O)Oc3cc(F)c(C#N)c(F)c3)cc2)CC1. The highest BCUT2D eigenvalue weighted by atomic mass is 19.1. The number of rotatable bonds is 10. The number of unbranched alkanes of at least 4 members (excludes halogenated alkanes) is 1. The van der Waals surface area contributed by atoms with Crippen LogP contribution in [0.25, 0.3) is 0 Å². The first-order valence-electron chi connectivity index (χ1n) is 11.8. The van der Waals surface area contributed by atoms with Gasteiger partial charge in [-0.05, 0) is 61.6 Å². The molecule has 1 saturated carbocycles. The minimum absolute atomic E-state index is 0.274. The minimum atomic E-state index is -1.06. The van der Waals surface area contributed by atoms with Crippen LogP contribution >= 0.6 is 0 Å². The van der Waals surface area contributed by atoms with E-state index >= 15 is 0 Å². The van der Waals surface area contributed by atoms with Gasteiger partial charge < -0.3 is 9.47 Å². The number of hydrogen-bond donors (Lipinski definition) is 0. The smallest absolute Gasteiger partial charge is 0.343 e. The fourth-order valence-electron chi connectivity index (χ4n) is 4.24. The molecule has 1 aliphatic carbocycles. The van der Waals surface area contributed by atoms with Gasteiger partial charge in [-0.3, -0.25) is 0 Å². The highest BCUT2D eigenvalue weighted by Gasteiger charge is 2.21. The summed E-state index contributed by atoms with van der Waals surface area (Å²) in [5.41, 5.74) is 0.743. The van der Waals surface area contributed by atoms with Crippen molar-refractivity contribution in [2.24, 2.45) is 11.8 Å². The van der Waals surface area contributed by atoms with Crippen LogP contribution in [0.5, 0.6) is 5.75 Å². The highest BCUT2D eigenvalue weighted by molar-refractivity contribution is 5.91. The van der Waals surface area contributed by atoms with Gasteiger partial charge in [0.25, 0.3) is 0 Å². The molecule has 0 heterocycles. The second kappa shape index (κ2) is 12.5. The van der Waals surface area contributed by atoms with Crippen molar-refractivity contribution in [1.29, 1.82) is 5.26 Å². The Morgan fingerprint density at radius 1 is 1.06 bits per heavy atom. The lowest BCUT2D eigenvalue weighted by atomic mass is 9.80. The van der Waals surface area contributed by atoms with Crippen LogP contribution < -0.4 is 4.74 Å². The molecule has 3 rings (SSSR count). The van der Waals surface area contributed by atoms with Crippen molar-refractivity contribution in [3.05, 3.63) is 64.7 Å². The number of nitriles is 1. The summed E-state index contributed by atoms with van der Waals surface area (Å²) in [4.78, 5) is 12.3. The first-order chi connectivity index (χ1) is 16.0. The molecule has 6 heteroatoms. The topological polar surface area (TPSA) is 59.3 Å². The predicted octanol–water partition coefficient (Wildman–Crippen LogP) is 6.61. The van der Waals surface area contributed by atoms with E-state index in [1.54, 1.807) is 12.1 Å². The molecule has 0 atom stereocenters. The molecule has 4 nitrogen and oxygen atoms in total. The number of hydrogen-bond acceptors (Lipinski definition) is 4. The van der Waals surface area contributed by atoms with Crippen LogP contribution in [0.1, 0.15) is 73.4 Å². The molecule has 2 aromatic rings. The van der Waals surface area contributed by atoms with Crippen LogP contribution in [0, 0.1) is 34.8 Å². The van der Waals surface area contributed by atoms with Gasteiger partial charge in [0.15, 0.2) is 0 Å². The molecule has 1 aliphatic rings. The standard InChI is InChI=1S/C27H31F2NO3/c1-2-3-14-32-18-21-8-6-19(7-9-21)4-5-20-10-12-22(13-11-20)27(31)33-23-15-25(28)24(17-30)26(29)16-23/h10-13,15-16,19,21H,2-9,14,18H2,1H3. The minimum Gasteiger partial charge on any atom is -0.423 e. The Labute approximate surface area is 194 Å². The lowest BCUT2D eigenvalue weighted by Gasteiger charge is -2.28. The van der Waals surface area contributed by atoms with E-state index in [0.29, 0.717) is 11.5 Å². The normalized spacial score (nSPS) is 18.0. The van der Waals surface area contributed by atoms with Gasteiger partial charge in [-0.15, -0.1) is 0 Å². The highest BCUT2D eigenvalue weighted by Crippen LogP contribution is 2.32. The van der Waals surface area contributed by atoms with Gasteiger partial charge in [0.2, 0.25) is 0 Å². The number of carbonyl (C=O) groups excluding carboxylic acids is 1. The average Bonchev–Trinajstić information content (AvgIpc) is 2.81. The van der Waals surface area contributed by atoms with Gasteiger partial charge in [-0.2, -0.15) is 5.26 Å². The van der Waals surface area contributed by atoms with Crippen molar-refractivity contribution in [3.8, 4) is 11.8 Å². The number of esters is 1. The molecule has 1 fully saturated rings. The fraction of sp³-hybridized carbons (Fsp3) is 0.481. The molecule has 0 saturated heterocycles. The molecular formula is C27H31F2NO3. The molecule has 2 aromatic carbocycles. The van der Waals surface area contributed by atoms with E-state index in [-0.39, 0.29) is 5.75 Å². The van der Waals surface area contributed by atoms with E-state index in [4.69, 9.17) is 14.7 Å². The Balaban J connectivity index is 1.43. The summed E-state index contributed by atoms with van der Waals surface area (Å²) in [5, 5.41) is 8.72. The Kier molecular flexibility index (Phi) is 9.38. The first kappa shape index (κ1) is 24.9. The van der Waals surface area contributed by atoms with E-state index < -0.39 is 23.2 Å². The number of halogens is 2. The number of aryl methyl sites for hydroxylation is 1. The van der Waals surface area contributed by atoms with Crippen LogP contribution in [0.3, 0.4) is 0 Å². The van der Waals surface area contributed by atoms with E-state index in [9.17, 15) is 13.6 Å². The third kappa shape index (κ3) is 7.36. The van der Waals surface area contributed by atoms with Crippen molar-refractivity contribution < 1.29 is 23.0 Å². The summed E-state index contributed by atoms with van der Waals surface area (Å²) in [5.74, 6) is -1.68. The molecule has 0 N–H and O–H groups in total. The molecule has 0 amide bonds.